The number of aromatic nitrogens is 2. The largest absolute Gasteiger partial charge is 0.504 e. The maximum Gasteiger partial charge on any atom is 0.161 e. The van der Waals surface area contributed by atoms with Gasteiger partial charge in [0.2, 0.25) is 0 Å². The summed E-state index contributed by atoms with van der Waals surface area (Å²) < 4.78 is 6.18. The van der Waals surface area contributed by atoms with Gasteiger partial charge in [-0.2, -0.15) is 0 Å². The van der Waals surface area contributed by atoms with E-state index in [9.17, 15) is 5.11 Å². The molecule has 3 rings (SSSR count). The first kappa shape index (κ1) is 13.0. The Kier molecular flexibility index (Phi) is 3.36. The van der Waals surface area contributed by atoms with Gasteiger partial charge in [-0.05, 0) is 47.1 Å². The van der Waals surface area contributed by atoms with Gasteiger partial charge in [-0.25, -0.2) is 4.98 Å². The van der Waals surface area contributed by atoms with Gasteiger partial charge in [-0.1, -0.05) is 12.1 Å². The summed E-state index contributed by atoms with van der Waals surface area (Å²) >= 11 is 3.45. The number of hydrogen-bond acceptors (Lipinski definition) is 3. The molecule has 1 aromatic heterocycles. The molecule has 0 spiro atoms. The van der Waals surface area contributed by atoms with E-state index in [1.807, 2.05) is 31.2 Å². The van der Waals surface area contributed by atoms with Crippen molar-refractivity contribution in [2.75, 3.05) is 6.61 Å². The quantitative estimate of drug-likeness (QED) is 0.759. The lowest BCUT2D eigenvalue weighted by Crippen LogP contribution is -1.93. The molecule has 0 saturated heterocycles. The van der Waals surface area contributed by atoms with E-state index < -0.39 is 0 Å². The van der Waals surface area contributed by atoms with E-state index in [1.54, 1.807) is 12.1 Å². The summed E-state index contributed by atoms with van der Waals surface area (Å²) in [6.45, 7) is 2.37. The lowest BCUT2D eigenvalue weighted by atomic mass is 10.2. The monoisotopic (exact) mass is 332 g/mol. The van der Waals surface area contributed by atoms with Gasteiger partial charge >= 0.3 is 0 Å². The Hall–Kier alpha value is -2.01. The molecule has 0 saturated carbocycles. The average molecular weight is 333 g/mol. The molecule has 5 heteroatoms. The van der Waals surface area contributed by atoms with Gasteiger partial charge in [-0.3, -0.25) is 0 Å². The fourth-order valence-electron chi connectivity index (χ4n) is 2.08. The van der Waals surface area contributed by atoms with E-state index in [0.29, 0.717) is 12.4 Å². The zero-order chi connectivity index (χ0) is 14.1. The van der Waals surface area contributed by atoms with Crippen LogP contribution in [-0.2, 0) is 0 Å². The second kappa shape index (κ2) is 5.17. The zero-order valence-corrected chi connectivity index (χ0v) is 12.4. The van der Waals surface area contributed by atoms with E-state index in [0.717, 1.165) is 26.9 Å². The minimum atomic E-state index is 0.110. The van der Waals surface area contributed by atoms with Crippen LogP contribution in [0.4, 0.5) is 0 Å². The first-order valence-electron chi connectivity index (χ1n) is 6.29. The zero-order valence-electron chi connectivity index (χ0n) is 10.9. The van der Waals surface area contributed by atoms with Crippen molar-refractivity contribution in [1.29, 1.82) is 0 Å². The molecule has 0 unspecified atom stereocenters. The third-order valence-corrected chi connectivity index (χ3v) is 3.65. The van der Waals surface area contributed by atoms with Crippen molar-refractivity contribution in [3.8, 4) is 22.9 Å². The third-order valence-electron chi connectivity index (χ3n) is 2.99. The first-order valence-corrected chi connectivity index (χ1v) is 7.08. The molecular weight excluding hydrogens is 320 g/mol. The number of ether oxygens (including phenoxy) is 1. The van der Waals surface area contributed by atoms with Gasteiger partial charge in [-0.15, -0.1) is 0 Å². The predicted molar refractivity (Wildman–Crippen MR) is 82.1 cm³/mol. The molecule has 0 radical (unpaired) electrons. The van der Waals surface area contributed by atoms with Crippen molar-refractivity contribution in [1.82, 2.24) is 9.97 Å². The van der Waals surface area contributed by atoms with E-state index in [1.165, 1.54) is 0 Å². The number of aromatic amines is 1. The second-order valence-corrected chi connectivity index (χ2v) is 5.19. The van der Waals surface area contributed by atoms with Crippen LogP contribution < -0.4 is 4.74 Å². The van der Waals surface area contributed by atoms with Crippen molar-refractivity contribution >= 4 is 27.0 Å². The van der Waals surface area contributed by atoms with Gasteiger partial charge in [0.05, 0.1) is 17.6 Å². The molecule has 1 heterocycles. The number of nitrogens with one attached hydrogen (secondary N) is 1. The number of H-pyrrole nitrogens is 1. The molecule has 0 fully saturated rings. The number of benzene rings is 2. The molecule has 0 amide bonds. The third kappa shape index (κ3) is 2.25. The van der Waals surface area contributed by atoms with Crippen LogP contribution in [0.25, 0.3) is 22.4 Å². The number of para-hydroxylation sites is 2. The lowest BCUT2D eigenvalue weighted by Gasteiger charge is -2.09. The molecule has 0 aliphatic carbocycles. The number of halogens is 1. The number of rotatable bonds is 3. The smallest absolute Gasteiger partial charge is 0.161 e. The summed E-state index contributed by atoms with van der Waals surface area (Å²) in [5, 5.41) is 9.85. The van der Waals surface area contributed by atoms with Crippen LogP contribution in [0.15, 0.2) is 40.9 Å². The molecule has 3 aromatic rings. The number of hydrogen-bond donors (Lipinski definition) is 2. The number of phenolic OH excluding ortho intramolecular Hbond substituents is 1. The number of fused-ring (bicyclic) bond motifs is 1. The molecule has 2 N–H and O–H groups in total. The highest BCUT2D eigenvalue weighted by molar-refractivity contribution is 9.10. The van der Waals surface area contributed by atoms with Crippen LogP contribution in [0.2, 0.25) is 0 Å². The Labute approximate surface area is 124 Å². The molecule has 0 atom stereocenters. The number of phenols is 1. The normalized spacial score (nSPS) is 10.9. The molecule has 102 valence electrons. The highest BCUT2D eigenvalue weighted by atomic mass is 79.9. The van der Waals surface area contributed by atoms with Gasteiger partial charge in [0.15, 0.2) is 11.5 Å². The van der Waals surface area contributed by atoms with Crippen LogP contribution in [-0.4, -0.2) is 21.7 Å². The number of nitrogens with zero attached hydrogens (tertiary/aromatic N) is 1. The molecule has 4 nitrogen and oxygen atoms in total. The summed E-state index contributed by atoms with van der Waals surface area (Å²) in [6, 6.07) is 11.2. The average Bonchev–Trinajstić information content (AvgIpc) is 2.85. The van der Waals surface area contributed by atoms with Gasteiger partial charge in [0.25, 0.3) is 0 Å². The Morgan fingerprint density at radius 2 is 2.10 bits per heavy atom. The van der Waals surface area contributed by atoms with Crippen LogP contribution in [0, 0.1) is 0 Å². The van der Waals surface area contributed by atoms with Gasteiger partial charge in [0.1, 0.15) is 5.82 Å². The standard InChI is InChI=1S/C15H13BrN2O2/c1-2-20-14-7-9(10(16)8-13(14)19)15-17-11-5-3-4-6-12(11)18-15/h3-8,19H,2H2,1H3,(H,17,18). The van der Waals surface area contributed by atoms with Crippen molar-refractivity contribution in [3.05, 3.63) is 40.9 Å². The van der Waals surface area contributed by atoms with Crippen molar-refractivity contribution in [2.45, 2.75) is 6.92 Å². The Balaban J connectivity index is 2.15. The SMILES string of the molecule is CCOc1cc(-c2nc3ccccc3[nH]2)c(Br)cc1O. The fraction of sp³-hybridized carbons (Fsp3) is 0.133. The molecule has 0 aliphatic heterocycles. The summed E-state index contributed by atoms with van der Waals surface area (Å²) in [4.78, 5) is 7.82. The van der Waals surface area contributed by atoms with Crippen LogP contribution >= 0.6 is 15.9 Å². The Bertz CT molecular complexity index is 735. The predicted octanol–water partition coefficient (Wildman–Crippen LogP) is 4.10. The first-order chi connectivity index (χ1) is 9.69. The Morgan fingerprint density at radius 1 is 1.30 bits per heavy atom. The fourth-order valence-corrected chi connectivity index (χ4v) is 2.59. The van der Waals surface area contributed by atoms with Crippen molar-refractivity contribution < 1.29 is 9.84 Å². The van der Waals surface area contributed by atoms with E-state index >= 15 is 0 Å². The van der Waals surface area contributed by atoms with E-state index in [4.69, 9.17) is 4.74 Å². The summed E-state index contributed by atoms with van der Waals surface area (Å²) in [7, 11) is 0. The van der Waals surface area contributed by atoms with Crippen LogP contribution in [0.3, 0.4) is 0 Å². The number of imidazole rings is 1. The second-order valence-electron chi connectivity index (χ2n) is 4.34. The summed E-state index contributed by atoms with van der Waals surface area (Å²) in [5.74, 6) is 1.30. The summed E-state index contributed by atoms with van der Waals surface area (Å²) in [5.41, 5.74) is 2.73. The maximum absolute atomic E-state index is 9.85. The molecule has 20 heavy (non-hydrogen) atoms. The highest BCUT2D eigenvalue weighted by Crippen LogP contribution is 2.37. The summed E-state index contributed by atoms with van der Waals surface area (Å²) in [6.07, 6.45) is 0. The maximum atomic E-state index is 9.85. The van der Waals surface area contributed by atoms with Crippen molar-refractivity contribution in [3.63, 3.8) is 0 Å². The minimum Gasteiger partial charge on any atom is -0.504 e. The van der Waals surface area contributed by atoms with Gasteiger partial charge in [0, 0.05) is 10.0 Å². The van der Waals surface area contributed by atoms with E-state index in [2.05, 4.69) is 25.9 Å². The lowest BCUT2D eigenvalue weighted by molar-refractivity contribution is 0.318. The topological polar surface area (TPSA) is 58.1 Å². The van der Waals surface area contributed by atoms with Crippen LogP contribution in [0.1, 0.15) is 6.92 Å². The Morgan fingerprint density at radius 3 is 2.85 bits per heavy atom. The van der Waals surface area contributed by atoms with E-state index in [-0.39, 0.29) is 5.75 Å². The molecule has 0 bridgehead atoms. The van der Waals surface area contributed by atoms with Gasteiger partial charge < -0.3 is 14.8 Å². The highest BCUT2D eigenvalue weighted by Gasteiger charge is 2.13. The van der Waals surface area contributed by atoms with Crippen LogP contribution in [0.5, 0.6) is 11.5 Å². The van der Waals surface area contributed by atoms with Crippen molar-refractivity contribution in [2.24, 2.45) is 0 Å². The minimum absolute atomic E-state index is 0.110. The molecule has 0 aliphatic rings. The molecule has 2 aromatic carbocycles. The number of aromatic hydroxyl groups is 1. The molecular formula is C15H13BrN2O2.